The number of nitrogens with two attached hydrogens (primary N) is 1. The second-order valence-corrected chi connectivity index (χ2v) is 3.32. The third-order valence-corrected chi connectivity index (χ3v) is 2.22. The van der Waals surface area contributed by atoms with E-state index in [-0.39, 0.29) is 0 Å². The van der Waals surface area contributed by atoms with Crippen LogP contribution in [0.4, 0.5) is 5.82 Å². The van der Waals surface area contributed by atoms with Gasteiger partial charge in [0, 0.05) is 11.8 Å². The van der Waals surface area contributed by atoms with Gasteiger partial charge in [0.2, 0.25) is 0 Å². The molecule has 16 heavy (non-hydrogen) atoms. The van der Waals surface area contributed by atoms with Gasteiger partial charge in [-0.2, -0.15) is 0 Å². The summed E-state index contributed by atoms with van der Waals surface area (Å²) in [5.74, 6) is 1.20. The molecule has 0 fully saturated rings. The van der Waals surface area contributed by atoms with E-state index < -0.39 is 0 Å². The van der Waals surface area contributed by atoms with Crippen molar-refractivity contribution < 1.29 is 0 Å². The molecule has 0 aliphatic carbocycles. The van der Waals surface area contributed by atoms with Crippen LogP contribution in [0.15, 0.2) is 30.9 Å². The fraction of sp³-hybridized carbons (Fsp3) is 0. The van der Waals surface area contributed by atoms with E-state index in [0.29, 0.717) is 17.3 Å². The van der Waals surface area contributed by atoms with Gasteiger partial charge in [-0.05, 0) is 12.1 Å². The Morgan fingerprint density at radius 2 is 2.06 bits per heavy atom. The van der Waals surface area contributed by atoms with Crippen LogP contribution in [-0.4, -0.2) is 24.9 Å². The number of hydrogen-bond acceptors (Lipinski definition) is 5. The first-order valence-electron chi connectivity index (χ1n) is 4.70. The van der Waals surface area contributed by atoms with Crippen LogP contribution in [0.25, 0.3) is 22.6 Å². The molecule has 0 bridgehead atoms. The van der Waals surface area contributed by atoms with E-state index in [1.807, 2.05) is 6.07 Å². The highest BCUT2D eigenvalue weighted by atomic mass is 15.0. The predicted molar refractivity (Wildman–Crippen MR) is 59.3 cm³/mol. The van der Waals surface area contributed by atoms with E-state index >= 15 is 0 Å². The molecule has 0 saturated heterocycles. The third kappa shape index (κ3) is 1.36. The van der Waals surface area contributed by atoms with Crippen LogP contribution in [0.3, 0.4) is 0 Å². The van der Waals surface area contributed by atoms with Gasteiger partial charge in [-0.25, -0.2) is 19.9 Å². The zero-order valence-electron chi connectivity index (χ0n) is 8.25. The van der Waals surface area contributed by atoms with Crippen LogP contribution in [0.5, 0.6) is 0 Å². The van der Waals surface area contributed by atoms with Gasteiger partial charge in [-0.3, -0.25) is 0 Å². The summed E-state index contributed by atoms with van der Waals surface area (Å²) in [5, 5.41) is 0. The van der Waals surface area contributed by atoms with Crippen molar-refractivity contribution in [2.24, 2.45) is 0 Å². The second kappa shape index (κ2) is 3.27. The Morgan fingerprint density at radius 1 is 1.12 bits per heavy atom. The number of nitrogen functional groups attached to an aromatic ring is 1. The zero-order chi connectivity index (χ0) is 11.0. The number of aromatic nitrogens is 5. The van der Waals surface area contributed by atoms with E-state index in [1.165, 1.54) is 6.33 Å². The summed E-state index contributed by atoms with van der Waals surface area (Å²) in [4.78, 5) is 19.4. The lowest BCUT2D eigenvalue weighted by atomic mass is 10.3. The number of pyridine rings is 1. The molecule has 6 heteroatoms. The molecule has 3 aromatic heterocycles. The maximum Gasteiger partial charge on any atom is 0.181 e. The molecule has 6 nitrogen and oxygen atoms in total. The Balaban J connectivity index is 2.15. The van der Waals surface area contributed by atoms with Crippen molar-refractivity contribution in [1.82, 2.24) is 24.9 Å². The molecule has 0 spiro atoms. The summed E-state index contributed by atoms with van der Waals surface area (Å²) in [6.45, 7) is 0. The van der Waals surface area contributed by atoms with Crippen molar-refractivity contribution >= 4 is 17.0 Å². The Kier molecular flexibility index (Phi) is 1.79. The first kappa shape index (κ1) is 8.78. The molecule has 0 aliphatic rings. The van der Waals surface area contributed by atoms with Crippen molar-refractivity contribution in [1.29, 1.82) is 0 Å². The van der Waals surface area contributed by atoms with Gasteiger partial charge in [0.05, 0.1) is 6.20 Å². The maximum atomic E-state index is 5.52. The topological polar surface area (TPSA) is 93.4 Å². The highest BCUT2D eigenvalue weighted by molar-refractivity contribution is 5.74. The summed E-state index contributed by atoms with van der Waals surface area (Å²) in [5.41, 5.74) is 7.82. The lowest BCUT2D eigenvalue weighted by Crippen LogP contribution is -1.89. The molecule has 0 unspecified atom stereocenters. The highest BCUT2D eigenvalue weighted by Crippen LogP contribution is 2.18. The predicted octanol–water partition coefficient (Wildman–Crippen LogP) is 0.997. The standard InChI is InChI=1S/C10H8N6/c11-8-2-1-6(3-13-8)9-15-7-4-12-5-14-10(7)16-9/h1-5H,(H2,11,13)(H,12,14,15,16). The molecule has 0 amide bonds. The van der Waals surface area contributed by atoms with Gasteiger partial charge in [0.1, 0.15) is 23.5 Å². The maximum absolute atomic E-state index is 5.52. The summed E-state index contributed by atoms with van der Waals surface area (Å²) in [6.07, 6.45) is 4.82. The minimum absolute atomic E-state index is 0.486. The molecule has 0 atom stereocenters. The summed E-state index contributed by atoms with van der Waals surface area (Å²) >= 11 is 0. The van der Waals surface area contributed by atoms with E-state index in [1.54, 1.807) is 18.5 Å². The molecule has 78 valence electrons. The molecule has 3 aromatic rings. The van der Waals surface area contributed by atoms with E-state index in [9.17, 15) is 0 Å². The number of aromatic amines is 1. The number of fused-ring (bicyclic) bond motifs is 1. The second-order valence-electron chi connectivity index (χ2n) is 3.32. The molecule has 0 aromatic carbocycles. The first-order chi connectivity index (χ1) is 7.83. The minimum Gasteiger partial charge on any atom is -0.384 e. The van der Waals surface area contributed by atoms with Crippen LogP contribution >= 0.6 is 0 Å². The van der Waals surface area contributed by atoms with Crippen LogP contribution in [0.2, 0.25) is 0 Å². The molecular weight excluding hydrogens is 204 g/mol. The molecule has 3 N–H and O–H groups in total. The SMILES string of the molecule is Nc1ccc(-c2nc3ncncc3[nH]2)cn1. The van der Waals surface area contributed by atoms with Crippen molar-refractivity contribution in [3.8, 4) is 11.4 Å². The summed E-state index contributed by atoms with van der Waals surface area (Å²) < 4.78 is 0. The largest absolute Gasteiger partial charge is 0.384 e. The third-order valence-electron chi connectivity index (χ3n) is 2.22. The van der Waals surface area contributed by atoms with Crippen LogP contribution < -0.4 is 5.73 Å². The zero-order valence-corrected chi connectivity index (χ0v) is 8.25. The Hall–Kier alpha value is -2.50. The average Bonchev–Trinajstić information content (AvgIpc) is 2.73. The molecule has 3 rings (SSSR count). The van der Waals surface area contributed by atoms with E-state index in [4.69, 9.17) is 5.73 Å². The highest BCUT2D eigenvalue weighted by Gasteiger charge is 2.05. The number of nitrogens with one attached hydrogen (secondary N) is 1. The smallest absolute Gasteiger partial charge is 0.181 e. The van der Waals surface area contributed by atoms with Crippen molar-refractivity contribution in [2.75, 3.05) is 5.73 Å². The fourth-order valence-electron chi connectivity index (χ4n) is 1.44. The van der Waals surface area contributed by atoms with E-state index in [2.05, 4.69) is 24.9 Å². The molecule has 3 heterocycles. The fourth-order valence-corrected chi connectivity index (χ4v) is 1.44. The quantitative estimate of drug-likeness (QED) is 0.627. The monoisotopic (exact) mass is 212 g/mol. The molecular formula is C10H8N6. The Morgan fingerprint density at radius 3 is 2.81 bits per heavy atom. The number of rotatable bonds is 1. The van der Waals surface area contributed by atoms with Gasteiger partial charge in [0.15, 0.2) is 5.65 Å². The Bertz CT molecular complexity index is 594. The normalized spacial score (nSPS) is 10.8. The molecule has 0 saturated carbocycles. The summed E-state index contributed by atoms with van der Waals surface area (Å²) in [7, 11) is 0. The molecule has 0 aliphatic heterocycles. The van der Waals surface area contributed by atoms with Crippen molar-refractivity contribution in [3.05, 3.63) is 30.9 Å². The first-order valence-corrected chi connectivity index (χ1v) is 4.70. The average molecular weight is 212 g/mol. The van der Waals surface area contributed by atoms with Crippen LogP contribution in [-0.2, 0) is 0 Å². The number of nitrogens with zero attached hydrogens (tertiary/aromatic N) is 4. The minimum atomic E-state index is 0.486. The van der Waals surface area contributed by atoms with Gasteiger partial charge in [-0.15, -0.1) is 0 Å². The lowest BCUT2D eigenvalue weighted by molar-refractivity contribution is 1.20. The summed E-state index contributed by atoms with van der Waals surface area (Å²) in [6, 6.07) is 3.58. The van der Waals surface area contributed by atoms with Gasteiger partial charge >= 0.3 is 0 Å². The van der Waals surface area contributed by atoms with Gasteiger partial charge in [-0.1, -0.05) is 0 Å². The van der Waals surface area contributed by atoms with Crippen molar-refractivity contribution in [3.63, 3.8) is 0 Å². The number of H-pyrrole nitrogens is 1. The Labute approximate surface area is 90.6 Å². The molecule has 0 radical (unpaired) electrons. The number of anilines is 1. The van der Waals surface area contributed by atoms with E-state index in [0.717, 1.165) is 11.1 Å². The van der Waals surface area contributed by atoms with Crippen LogP contribution in [0.1, 0.15) is 0 Å². The van der Waals surface area contributed by atoms with Gasteiger partial charge < -0.3 is 10.7 Å². The van der Waals surface area contributed by atoms with Crippen molar-refractivity contribution in [2.45, 2.75) is 0 Å². The van der Waals surface area contributed by atoms with Gasteiger partial charge in [0.25, 0.3) is 0 Å². The number of imidazole rings is 1. The van der Waals surface area contributed by atoms with Crippen LogP contribution in [0, 0.1) is 0 Å². The lowest BCUT2D eigenvalue weighted by Gasteiger charge is -1.95. The number of hydrogen-bond donors (Lipinski definition) is 2.